The van der Waals surface area contributed by atoms with Gasteiger partial charge in [0.15, 0.2) is 11.5 Å². The third-order valence-corrected chi connectivity index (χ3v) is 2.97. The summed E-state index contributed by atoms with van der Waals surface area (Å²) in [5.41, 5.74) is 1.26. The van der Waals surface area contributed by atoms with Crippen molar-refractivity contribution in [3.05, 3.63) is 23.8 Å². The smallest absolute Gasteiger partial charge is 0.161 e. The molecule has 0 saturated carbocycles. The molecule has 2 heteroatoms. The molecule has 0 aliphatic rings. The van der Waals surface area contributed by atoms with Crippen molar-refractivity contribution in [3.63, 3.8) is 0 Å². The Hall–Kier alpha value is -1.62. The summed E-state index contributed by atoms with van der Waals surface area (Å²) in [6, 6.07) is 6.24. The molecule has 1 aromatic rings. The van der Waals surface area contributed by atoms with E-state index in [0.29, 0.717) is 0 Å². The number of aryl methyl sites for hydroxylation is 1. The highest BCUT2D eigenvalue weighted by molar-refractivity contribution is 5.43. The molecule has 116 valence electrons. The van der Waals surface area contributed by atoms with Crippen LogP contribution in [0.15, 0.2) is 18.2 Å². The van der Waals surface area contributed by atoms with Gasteiger partial charge in [0.2, 0.25) is 0 Å². The second kappa shape index (κ2) is 11.1. The van der Waals surface area contributed by atoms with Crippen LogP contribution in [0.4, 0.5) is 0 Å². The van der Waals surface area contributed by atoms with Crippen LogP contribution in [0.5, 0.6) is 11.5 Å². The van der Waals surface area contributed by atoms with Crippen LogP contribution in [0.1, 0.15) is 58.4 Å². The molecule has 0 unspecified atom stereocenters. The molecule has 1 rings (SSSR count). The lowest BCUT2D eigenvalue weighted by molar-refractivity contribution is 0.268. The predicted molar refractivity (Wildman–Crippen MR) is 89.0 cm³/mol. The van der Waals surface area contributed by atoms with E-state index in [9.17, 15) is 0 Å². The van der Waals surface area contributed by atoms with E-state index in [1.165, 1.54) is 5.56 Å². The van der Waals surface area contributed by atoms with Gasteiger partial charge in [-0.05, 0) is 43.4 Å². The molecule has 0 heterocycles. The first-order valence-electron chi connectivity index (χ1n) is 8.16. The third kappa shape index (κ3) is 7.09. The van der Waals surface area contributed by atoms with Gasteiger partial charge >= 0.3 is 0 Å². The molecule has 0 saturated heterocycles. The highest BCUT2D eigenvalue weighted by Crippen LogP contribution is 2.29. The Kier molecular flexibility index (Phi) is 9.20. The summed E-state index contributed by atoms with van der Waals surface area (Å²) in [6.45, 7) is 7.82. The number of hydrogen-bond donors (Lipinski definition) is 0. The van der Waals surface area contributed by atoms with Crippen LogP contribution in [-0.4, -0.2) is 13.2 Å². The van der Waals surface area contributed by atoms with Gasteiger partial charge in [-0.3, -0.25) is 0 Å². The summed E-state index contributed by atoms with van der Waals surface area (Å²) in [7, 11) is 0. The zero-order chi connectivity index (χ0) is 15.3. The molecule has 0 amide bonds. The summed E-state index contributed by atoms with van der Waals surface area (Å²) in [6.07, 6.45) is 6.00. The Morgan fingerprint density at radius 1 is 0.810 bits per heavy atom. The van der Waals surface area contributed by atoms with Crippen LogP contribution < -0.4 is 9.47 Å². The highest BCUT2D eigenvalue weighted by Gasteiger charge is 2.06. The molecule has 0 radical (unpaired) electrons. The molecule has 0 fully saturated rings. The number of benzene rings is 1. The summed E-state index contributed by atoms with van der Waals surface area (Å²) < 4.78 is 11.6. The molecule has 21 heavy (non-hydrogen) atoms. The first-order chi connectivity index (χ1) is 10.3. The van der Waals surface area contributed by atoms with Crippen LogP contribution in [-0.2, 0) is 6.42 Å². The van der Waals surface area contributed by atoms with E-state index in [1.807, 2.05) is 6.07 Å². The standard InChI is InChI=1S/C19H28O2/c1-4-7-8-9-10-11-17-12-13-18(20-14-5-2)19(16-17)21-15-6-3/h12-13,16H,4-7,10-11,14-15H2,1-3H3. The summed E-state index contributed by atoms with van der Waals surface area (Å²) >= 11 is 0. The van der Waals surface area contributed by atoms with Crippen molar-refractivity contribution in [2.75, 3.05) is 13.2 Å². The van der Waals surface area contributed by atoms with Crippen molar-refractivity contribution in [3.8, 4) is 23.3 Å². The van der Waals surface area contributed by atoms with E-state index >= 15 is 0 Å². The van der Waals surface area contributed by atoms with Crippen molar-refractivity contribution < 1.29 is 9.47 Å². The van der Waals surface area contributed by atoms with Crippen molar-refractivity contribution in [1.82, 2.24) is 0 Å². The van der Waals surface area contributed by atoms with Gasteiger partial charge in [0, 0.05) is 12.8 Å². The van der Waals surface area contributed by atoms with E-state index in [-0.39, 0.29) is 0 Å². The predicted octanol–water partition coefficient (Wildman–Crippen LogP) is 5.00. The minimum absolute atomic E-state index is 0.724. The molecule has 0 N–H and O–H groups in total. The molecule has 0 aliphatic carbocycles. The van der Waals surface area contributed by atoms with Gasteiger partial charge in [0.05, 0.1) is 13.2 Å². The highest BCUT2D eigenvalue weighted by atomic mass is 16.5. The fourth-order valence-corrected chi connectivity index (χ4v) is 1.87. The molecule has 1 aromatic carbocycles. The molecule has 0 atom stereocenters. The van der Waals surface area contributed by atoms with E-state index in [2.05, 4.69) is 44.7 Å². The second-order valence-electron chi connectivity index (χ2n) is 5.08. The zero-order valence-electron chi connectivity index (χ0n) is 13.7. The molecule has 0 spiro atoms. The molecule has 0 aromatic heterocycles. The number of unbranched alkanes of at least 4 members (excludes halogenated alkanes) is 1. The van der Waals surface area contributed by atoms with Crippen LogP contribution in [0.2, 0.25) is 0 Å². The van der Waals surface area contributed by atoms with Crippen molar-refractivity contribution in [2.24, 2.45) is 0 Å². The van der Waals surface area contributed by atoms with Crippen molar-refractivity contribution in [2.45, 2.75) is 59.3 Å². The second-order valence-corrected chi connectivity index (χ2v) is 5.08. The average Bonchev–Trinajstić information content (AvgIpc) is 2.51. The van der Waals surface area contributed by atoms with Crippen molar-refractivity contribution in [1.29, 1.82) is 0 Å². The lowest BCUT2D eigenvalue weighted by Gasteiger charge is -2.13. The topological polar surface area (TPSA) is 18.5 Å². The number of ether oxygens (including phenoxy) is 2. The first kappa shape index (κ1) is 17.4. The van der Waals surface area contributed by atoms with E-state index in [4.69, 9.17) is 9.47 Å². The Balaban J connectivity index is 2.66. The van der Waals surface area contributed by atoms with E-state index in [0.717, 1.165) is 63.2 Å². The Bertz CT molecular complexity index is 454. The minimum Gasteiger partial charge on any atom is -0.490 e. The van der Waals surface area contributed by atoms with Gasteiger partial charge in [0.25, 0.3) is 0 Å². The molecule has 0 aliphatic heterocycles. The van der Waals surface area contributed by atoms with Crippen LogP contribution in [0, 0.1) is 11.8 Å². The largest absolute Gasteiger partial charge is 0.490 e. The summed E-state index contributed by atoms with van der Waals surface area (Å²) in [5.74, 6) is 8.13. The molecular weight excluding hydrogens is 260 g/mol. The lowest BCUT2D eigenvalue weighted by Crippen LogP contribution is -2.02. The van der Waals surface area contributed by atoms with E-state index in [1.54, 1.807) is 0 Å². The minimum atomic E-state index is 0.724. The maximum Gasteiger partial charge on any atom is 0.161 e. The third-order valence-electron chi connectivity index (χ3n) is 2.97. The van der Waals surface area contributed by atoms with Gasteiger partial charge in [-0.25, -0.2) is 0 Å². The normalized spacial score (nSPS) is 9.86. The zero-order valence-corrected chi connectivity index (χ0v) is 13.7. The SMILES string of the molecule is CCCC#CCCc1ccc(OCCC)c(OCCC)c1. The Labute approximate surface area is 129 Å². The average molecular weight is 288 g/mol. The first-order valence-corrected chi connectivity index (χ1v) is 8.16. The van der Waals surface area contributed by atoms with Crippen LogP contribution >= 0.6 is 0 Å². The lowest BCUT2D eigenvalue weighted by atomic mass is 10.1. The molecule has 2 nitrogen and oxygen atoms in total. The van der Waals surface area contributed by atoms with Crippen LogP contribution in [0.25, 0.3) is 0 Å². The summed E-state index contributed by atoms with van der Waals surface area (Å²) in [5, 5.41) is 0. The van der Waals surface area contributed by atoms with Crippen molar-refractivity contribution >= 4 is 0 Å². The molecule has 0 bridgehead atoms. The Morgan fingerprint density at radius 3 is 2.14 bits per heavy atom. The number of rotatable bonds is 9. The maximum absolute atomic E-state index is 5.81. The fourth-order valence-electron chi connectivity index (χ4n) is 1.87. The fraction of sp³-hybridized carbons (Fsp3) is 0.579. The quantitative estimate of drug-likeness (QED) is 0.595. The van der Waals surface area contributed by atoms with E-state index < -0.39 is 0 Å². The number of hydrogen-bond acceptors (Lipinski definition) is 2. The maximum atomic E-state index is 5.81. The van der Waals surface area contributed by atoms with Gasteiger partial charge in [0.1, 0.15) is 0 Å². The summed E-state index contributed by atoms with van der Waals surface area (Å²) in [4.78, 5) is 0. The van der Waals surface area contributed by atoms with Gasteiger partial charge in [-0.1, -0.05) is 26.8 Å². The monoisotopic (exact) mass is 288 g/mol. The Morgan fingerprint density at radius 2 is 1.48 bits per heavy atom. The van der Waals surface area contributed by atoms with Crippen LogP contribution in [0.3, 0.4) is 0 Å². The van der Waals surface area contributed by atoms with Gasteiger partial charge in [-0.15, -0.1) is 11.8 Å². The van der Waals surface area contributed by atoms with Gasteiger partial charge < -0.3 is 9.47 Å². The molecular formula is C19H28O2. The van der Waals surface area contributed by atoms with Gasteiger partial charge in [-0.2, -0.15) is 0 Å².